The summed E-state index contributed by atoms with van der Waals surface area (Å²) in [6.45, 7) is 0.0276. The van der Waals surface area contributed by atoms with E-state index in [0.29, 0.717) is 5.75 Å². The molecule has 0 radical (unpaired) electrons. The molecule has 8 nitrogen and oxygen atoms in total. The Hall–Kier alpha value is -4.50. The van der Waals surface area contributed by atoms with Gasteiger partial charge in [0.2, 0.25) is 0 Å². The summed E-state index contributed by atoms with van der Waals surface area (Å²) in [6, 6.07) is 25.3. The average Bonchev–Trinajstić information content (AvgIpc) is 2.93. The first-order valence-corrected chi connectivity index (χ1v) is 12.5. The van der Waals surface area contributed by atoms with Gasteiger partial charge in [-0.25, -0.2) is 13.8 Å². The van der Waals surface area contributed by atoms with E-state index in [1.54, 1.807) is 60.9 Å². The van der Waals surface area contributed by atoms with Gasteiger partial charge in [0.1, 0.15) is 5.75 Å². The van der Waals surface area contributed by atoms with Crippen molar-refractivity contribution >= 4 is 27.8 Å². The number of sulfonamides is 1. The smallest absolute Gasteiger partial charge is 0.273 e. The van der Waals surface area contributed by atoms with Crippen LogP contribution >= 0.6 is 0 Å². The molecule has 182 valence electrons. The number of carbonyl (C=O) groups excluding carboxylic acids is 1. The third-order valence-electron chi connectivity index (χ3n) is 5.32. The van der Waals surface area contributed by atoms with Crippen LogP contribution in [0.4, 0.5) is 5.69 Å². The molecule has 0 fully saturated rings. The lowest BCUT2D eigenvalue weighted by molar-refractivity contribution is 0.0955. The van der Waals surface area contributed by atoms with E-state index in [2.05, 4.69) is 15.5 Å². The molecule has 9 heteroatoms. The number of hydrogen-bond donors (Lipinski definition) is 1. The molecule has 4 aromatic rings. The SMILES string of the molecule is COc1ccc(S(=O)(=O)N(Cc2ccccc2)c2ccccc2C(=O)N/N=C\c2ccncc2)cc1. The number of hydrogen-bond acceptors (Lipinski definition) is 6. The van der Waals surface area contributed by atoms with Gasteiger partial charge in [-0.2, -0.15) is 5.10 Å². The maximum Gasteiger partial charge on any atom is 0.273 e. The Morgan fingerprint density at radius 2 is 1.61 bits per heavy atom. The van der Waals surface area contributed by atoms with Crippen molar-refractivity contribution < 1.29 is 17.9 Å². The van der Waals surface area contributed by atoms with Crippen LogP contribution < -0.4 is 14.5 Å². The van der Waals surface area contributed by atoms with Gasteiger partial charge < -0.3 is 4.74 Å². The van der Waals surface area contributed by atoms with Crippen molar-refractivity contribution in [3.05, 3.63) is 120 Å². The van der Waals surface area contributed by atoms with E-state index in [1.807, 2.05) is 30.3 Å². The number of nitrogens with zero attached hydrogens (tertiary/aromatic N) is 3. The number of hydrazone groups is 1. The van der Waals surface area contributed by atoms with Crippen molar-refractivity contribution in [2.24, 2.45) is 5.10 Å². The van der Waals surface area contributed by atoms with E-state index in [9.17, 15) is 13.2 Å². The first-order valence-electron chi connectivity index (χ1n) is 11.0. The highest BCUT2D eigenvalue weighted by molar-refractivity contribution is 7.92. The first-order chi connectivity index (χ1) is 17.5. The van der Waals surface area contributed by atoms with E-state index in [1.165, 1.54) is 29.8 Å². The van der Waals surface area contributed by atoms with E-state index >= 15 is 0 Å². The summed E-state index contributed by atoms with van der Waals surface area (Å²) in [5.41, 5.74) is 4.40. The van der Waals surface area contributed by atoms with Gasteiger partial charge in [-0.3, -0.25) is 14.1 Å². The molecule has 1 N–H and O–H groups in total. The van der Waals surface area contributed by atoms with Crippen LogP contribution in [0.2, 0.25) is 0 Å². The Labute approximate surface area is 209 Å². The lowest BCUT2D eigenvalue weighted by atomic mass is 10.1. The molecule has 3 aromatic carbocycles. The maximum atomic E-state index is 13.8. The molecule has 0 saturated carbocycles. The number of amides is 1. The van der Waals surface area contributed by atoms with Crippen LogP contribution in [-0.2, 0) is 16.6 Å². The Bertz CT molecular complexity index is 1440. The maximum absolute atomic E-state index is 13.8. The second-order valence-electron chi connectivity index (χ2n) is 7.67. The third kappa shape index (κ3) is 5.76. The zero-order valence-corrected chi connectivity index (χ0v) is 20.3. The van der Waals surface area contributed by atoms with Gasteiger partial charge in [0.25, 0.3) is 15.9 Å². The number of anilines is 1. The van der Waals surface area contributed by atoms with Crippen molar-refractivity contribution in [1.29, 1.82) is 0 Å². The first kappa shape index (κ1) is 24.6. The monoisotopic (exact) mass is 500 g/mol. The highest BCUT2D eigenvalue weighted by Crippen LogP contribution is 2.30. The number of para-hydroxylation sites is 1. The molecule has 0 saturated heterocycles. The van der Waals surface area contributed by atoms with Crippen LogP contribution in [0.1, 0.15) is 21.5 Å². The van der Waals surface area contributed by atoms with Gasteiger partial charge in [-0.15, -0.1) is 0 Å². The number of aromatic nitrogens is 1. The number of rotatable bonds is 9. The van der Waals surface area contributed by atoms with E-state index in [-0.39, 0.29) is 22.7 Å². The molecular formula is C27H24N4O4S. The normalized spacial score (nSPS) is 11.2. The van der Waals surface area contributed by atoms with Crippen molar-refractivity contribution in [2.45, 2.75) is 11.4 Å². The molecule has 0 atom stereocenters. The Morgan fingerprint density at radius 3 is 2.31 bits per heavy atom. The molecular weight excluding hydrogens is 476 g/mol. The van der Waals surface area contributed by atoms with Crippen LogP contribution in [0.5, 0.6) is 5.75 Å². The molecule has 0 aliphatic carbocycles. The van der Waals surface area contributed by atoms with Gasteiger partial charge in [-0.1, -0.05) is 42.5 Å². The standard InChI is InChI=1S/C27H24N4O4S/c1-35-23-11-13-24(14-12-23)36(33,34)31(20-22-7-3-2-4-8-22)26-10-6-5-9-25(26)27(32)30-29-19-21-15-17-28-18-16-21/h2-19H,20H2,1H3,(H,30,32)/b29-19-. The molecule has 0 bridgehead atoms. The lowest BCUT2D eigenvalue weighted by Crippen LogP contribution is -2.33. The fraction of sp³-hybridized carbons (Fsp3) is 0.0741. The molecule has 0 aliphatic heterocycles. The number of benzene rings is 3. The molecule has 1 amide bonds. The zero-order valence-electron chi connectivity index (χ0n) is 19.5. The number of nitrogens with one attached hydrogen (secondary N) is 1. The Morgan fingerprint density at radius 1 is 0.944 bits per heavy atom. The fourth-order valence-corrected chi connectivity index (χ4v) is 4.95. The molecule has 1 aromatic heterocycles. The lowest BCUT2D eigenvalue weighted by Gasteiger charge is -2.26. The minimum atomic E-state index is -4.04. The molecule has 1 heterocycles. The fourth-order valence-electron chi connectivity index (χ4n) is 3.48. The number of ether oxygens (including phenoxy) is 1. The van der Waals surface area contributed by atoms with Crippen molar-refractivity contribution in [3.8, 4) is 5.75 Å². The molecule has 36 heavy (non-hydrogen) atoms. The second-order valence-corrected chi connectivity index (χ2v) is 9.53. The summed E-state index contributed by atoms with van der Waals surface area (Å²) in [7, 11) is -2.53. The van der Waals surface area contributed by atoms with Crippen LogP contribution in [0.15, 0.2) is 113 Å². The third-order valence-corrected chi connectivity index (χ3v) is 7.09. The van der Waals surface area contributed by atoms with E-state index in [0.717, 1.165) is 11.1 Å². The van der Waals surface area contributed by atoms with Crippen LogP contribution in [0.25, 0.3) is 0 Å². The summed E-state index contributed by atoms with van der Waals surface area (Å²) in [5.74, 6) is -0.00528. The van der Waals surface area contributed by atoms with E-state index in [4.69, 9.17) is 4.74 Å². The van der Waals surface area contributed by atoms with Crippen LogP contribution in [0.3, 0.4) is 0 Å². The summed E-state index contributed by atoms with van der Waals surface area (Å²) in [6.07, 6.45) is 4.71. The molecule has 4 rings (SSSR count). The Balaban J connectivity index is 1.71. The van der Waals surface area contributed by atoms with Crippen molar-refractivity contribution in [2.75, 3.05) is 11.4 Å². The van der Waals surface area contributed by atoms with Crippen molar-refractivity contribution in [3.63, 3.8) is 0 Å². The number of pyridine rings is 1. The summed E-state index contributed by atoms with van der Waals surface area (Å²) in [5, 5.41) is 4.01. The van der Waals surface area contributed by atoms with Crippen molar-refractivity contribution in [1.82, 2.24) is 10.4 Å². The number of carbonyl (C=O) groups is 1. The Kier molecular flexibility index (Phi) is 7.72. The van der Waals surface area contributed by atoms with Crippen LogP contribution in [0, 0.1) is 0 Å². The highest BCUT2D eigenvalue weighted by Gasteiger charge is 2.28. The van der Waals surface area contributed by atoms with Gasteiger partial charge in [-0.05, 0) is 59.7 Å². The average molecular weight is 501 g/mol. The summed E-state index contributed by atoms with van der Waals surface area (Å²) >= 11 is 0. The number of methoxy groups -OCH3 is 1. The predicted molar refractivity (Wildman–Crippen MR) is 139 cm³/mol. The highest BCUT2D eigenvalue weighted by atomic mass is 32.2. The summed E-state index contributed by atoms with van der Waals surface area (Å²) < 4.78 is 34.0. The zero-order chi connectivity index (χ0) is 25.4. The van der Waals surface area contributed by atoms with E-state index < -0.39 is 15.9 Å². The van der Waals surface area contributed by atoms with Gasteiger partial charge in [0.05, 0.1) is 36.0 Å². The molecule has 0 unspecified atom stereocenters. The van der Waals surface area contributed by atoms with Gasteiger partial charge in [0, 0.05) is 12.4 Å². The molecule has 0 spiro atoms. The van der Waals surface area contributed by atoms with Gasteiger partial charge in [0.15, 0.2) is 0 Å². The minimum Gasteiger partial charge on any atom is -0.497 e. The minimum absolute atomic E-state index is 0.0276. The second kappa shape index (κ2) is 11.3. The van der Waals surface area contributed by atoms with Crippen LogP contribution in [-0.4, -0.2) is 32.6 Å². The largest absolute Gasteiger partial charge is 0.497 e. The quantitative estimate of drug-likeness (QED) is 0.274. The predicted octanol–water partition coefficient (Wildman–Crippen LogP) is 4.25. The van der Waals surface area contributed by atoms with Gasteiger partial charge >= 0.3 is 0 Å². The molecule has 0 aliphatic rings. The topological polar surface area (TPSA) is 101 Å². The summed E-state index contributed by atoms with van der Waals surface area (Å²) in [4.78, 5) is 17.1.